The lowest BCUT2D eigenvalue weighted by Gasteiger charge is -2.16. The summed E-state index contributed by atoms with van der Waals surface area (Å²) >= 11 is 3.24. The second kappa shape index (κ2) is 4.23. The quantitative estimate of drug-likeness (QED) is 0.726. The molecule has 0 N–H and O–H groups in total. The van der Waals surface area contributed by atoms with Gasteiger partial charge in [-0.2, -0.15) is 0 Å². The van der Waals surface area contributed by atoms with E-state index in [-0.39, 0.29) is 11.7 Å². The molecular formula is C11H14BrF. The van der Waals surface area contributed by atoms with Crippen LogP contribution in [0.3, 0.4) is 0 Å². The Labute approximate surface area is 87.3 Å². The van der Waals surface area contributed by atoms with Gasteiger partial charge in [0.1, 0.15) is 5.82 Å². The molecule has 0 spiro atoms. The van der Waals surface area contributed by atoms with Crippen LogP contribution in [0.1, 0.15) is 32.3 Å². The molecule has 0 fully saturated rings. The van der Waals surface area contributed by atoms with Crippen molar-refractivity contribution in [3.05, 3.63) is 34.1 Å². The first-order chi connectivity index (χ1) is 6.02. The number of hydrogen-bond acceptors (Lipinski definition) is 0. The molecule has 0 nitrogen and oxygen atoms in total. The average molecular weight is 245 g/mol. The SMILES string of the molecule is CC(C)[C@H](C)c1ccc(Br)cc1F. The van der Waals surface area contributed by atoms with E-state index >= 15 is 0 Å². The molecule has 0 heterocycles. The number of hydrogen-bond donors (Lipinski definition) is 0. The lowest BCUT2D eigenvalue weighted by molar-refractivity contribution is 0.501. The monoisotopic (exact) mass is 244 g/mol. The fourth-order valence-corrected chi connectivity index (χ4v) is 1.56. The maximum atomic E-state index is 13.4. The Morgan fingerprint density at radius 2 is 1.85 bits per heavy atom. The molecule has 0 aliphatic rings. The Hall–Kier alpha value is -0.370. The first kappa shape index (κ1) is 10.7. The van der Waals surface area contributed by atoms with Crippen LogP contribution < -0.4 is 0 Å². The maximum Gasteiger partial charge on any atom is 0.127 e. The average Bonchev–Trinajstić information content (AvgIpc) is 2.03. The molecular weight excluding hydrogens is 231 g/mol. The molecule has 13 heavy (non-hydrogen) atoms. The molecule has 2 heteroatoms. The van der Waals surface area contributed by atoms with Crippen molar-refractivity contribution in [1.82, 2.24) is 0 Å². The Balaban J connectivity index is 3.01. The van der Waals surface area contributed by atoms with Crippen molar-refractivity contribution in [2.45, 2.75) is 26.7 Å². The molecule has 0 saturated carbocycles. The van der Waals surface area contributed by atoms with Crippen molar-refractivity contribution in [3.8, 4) is 0 Å². The van der Waals surface area contributed by atoms with Crippen LogP contribution in [-0.2, 0) is 0 Å². The van der Waals surface area contributed by atoms with Gasteiger partial charge in [-0.05, 0) is 29.5 Å². The number of rotatable bonds is 2. The van der Waals surface area contributed by atoms with E-state index in [4.69, 9.17) is 0 Å². The van der Waals surface area contributed by atoms with E-state index in [0.717, 1.165) is 10.0 Å². The summed E-state index contributed by atoms with van der Waals surface area (Å²) in [5, 5.41) is 0. The standard InChI is InChI=1S/C11H14BrF/c1-7(2)8(3)10-5-4-9(12)6-11(10)13/h4-8H,1-3H3/t8-/m0/s1. The summed E-state index contributed by atoms with van der Waals surface area (Å²) in [6.07, 6.45) is 0. The molecule has 0 unspecified atom stereocenters. The van der Waals surface area contributed by atoms with E-state index in [9.17, 15) is 4.39 Å². The molecule has 1 aromatic rings. The number of benzene rings is 1. The summed E-state index contributed by atoms with van der Waals surface area (Å²) in [4.78, 5) is 0. The first-order valence-electron chi connectivity index (χ1n) is 4.47. The third kappa shape index (κ3) is 2.53. The van der Waals surface area contributed by atoms with E-state index in [1.165, 1.54) is 6.07 Å². The molecule has 0 aromatic heterocycles. The van der Waals surface area contributed by atoms with Crippen LogP contribution in [0.5, 0.6) is 0 Å². The second-order valence-electron chi connectivity index (χ2n) is 3.70. The second-order valence-corrected chi connectivity index (χ2v) is 4.61. The van der Waals surface area contributed by atoms with Crippen molar-refractivity contribution in [2.75, 3.05) is 0 Å². The summed E-state index contributed by atoms with van der Waals surface area (Å²) in [5.41, 5.74) is 0.804. The van der Waals surface area contributed by atoms with E-state index in [1.807, 2.05) is 12.1 Å². The molecule has 0 aliphatic heterocycles. The van der Waals surface area contributed by atoms with Crippen LogP contribution in [0.15, 0.2) is 22.7 Å². The van der Waals surface area contributed by atoms with E-state index in [0.29, 0.717) is 5.92 Å². The minimum Gasteiger partial charge on any atom is -0.207 e. The van der Waals surface area contributed by atoms with Crippen LogP contribution in [0.25, 0.3) is 0 Å². The van der Waals surface area contributed by atoms with Gasteiger partial charge in [0.2, 0.25) is 0 Å². The van der Waals surface area contributed by atoms with Crippen LogP contribution in [0.4, 0.5) is 4.39 Å². The summed E-state index contributed by atoms with van der Waals surface area (Å²) < 4.78 is 14.2. The number of halogens is 2. The molecule has 0 bridgehead atoms. The maximum absolute atomic E-state index is 13.4. The third-order valence-electron chi connectivity index (χ3n) is 2.45. The van der Waals surface area contributed by atoms with E-state index < -0.39 is 0 Å². The highest BCUT2D eigenvalue weighted by Gasteiger charge is 2.13. The summed E-state index contributed by atoms with van der Waals surface area (Å²) in [5.74, 6) is 0.624. The Morgan fingerprint density at radius 3 is 2.31 bits per heavy atom. The van der Waals surface area contributed by atoms with Gasteiger partial charge in [-0.25, -0.2) is 4.39 Å². The fraction of sp³-hybridized carbons (Fsp3) is 0.455. The molecule has 0 radical (unpaired) electrons. The largest absolute Gasteiger partial charge is 0.207 e. The zero-order valence-corrected chi connectivity index (χ0v) is 9.73. The highest BCUT2D eigenvalue weighted by Crippen LogP contribution is 2.27. The Morgan fingerprint density at radius 1 is 1.23 bits per heavy atom. The molecule has 0 saturated heterocycles. The zero-order valence-electron chi connectivity index (χ0n) is 8.14. The van der Waals surface area contributed by atoms with Crippen LogP contribution in [0.2, 0.25) is 0 Å². The molecule has 72 valence electrons. The van der Waals surface area contributed by atoms with Gasteiger partial charge in [0.15, 0.2) is 0 Å². The first-order valence-corrected chi connectivity index (χ1v) is 5.26. The summed E-state index contributed by atoms with van der Waals surface area (Å²) in [6.45, 7) is 6.26. The predicted octanol–water partition coefficient (Wildman–Crippen LogP) is 4.35. The van der Waals surface area contributed by atoms with Gasteiger partial charge in [0.25, 0.3) is 0 Å². The molecule has 0 aliphatic carbocycles. The van der Waals surface area contributed by atoms with Gasteiger partial charge < -0.3 is 0 Å². The Bertz CT molecular complexity index is 294. The van der Waals surface area contributed by atoms with Crippen LogP contribution >= 0.6 is 15.9 Å². The van der Waals surface area contributed by atoms with Gasteiger partial charge in [-0.15, -0.1) is 0 Å². The van der Waals surface area contributed by atoms with E-state index in [1.54, 1.807) is 0 Å². The van der Waals surface area contributed by atoms with Crippen molar-refractivity contribution < 1.29 is 4.39 Å². The van der Waals surface area contributed by atoms with Crippen molar-refractivity contribution in [3.63, 3.8) is 0 Å². The predicted molar refractivity (Wildman–Crippen MR) is 57.4 cm³/mol. The van der Waals surface area contributed by atoms with Crippen molar-refractivity contribution >= 4 is 15.9 Å². The summed E-state index contributed by atoms with van der Waals surface area (Å²) in [6, 6.07) is 5.26. The third-order valence-corrected chi connectivity index (χ3v) is 2.95. The molecule has 1 atom stereocenters. The lowest BCUT2D eigenvalue weighted by atomic mass is 9.90. The van der Waals surface area contributed by atoms with Crippen LogP contribution in [0, 0.1) is 11.7 Å². The van der Waals surface area contributed by atoms with Gasteiger partial charge in [0, 0.05) is 4.47 Å². The summed E-state index contributed by atoms with van der Waals surface area (Å²) in [7, 11) is 0. The fourth-order valence-electron chi connectivity index (χ4n) is 1.23. The highest BCUT2D eigenvalue weighted by molar-refractivity contribution is 9.10. The molecule has 0 amide bonds. The van der Waals surface area contributed by atoms with Crippen LogP contribution in [-0.4, -0.2) is 0 Å². The Kier molecular flexibility index (Phi) is 3.48. The zero-order chi connectivity index (χ0) is 10.0. The topological polar surface area (TPSA) is 0 Å². The van der Waals surface area contributed by atoms with Crippen molar-refractivity contribution in [1.29, 1.82) is 0 Å². The van der Waals surface area contributed by atoms with Gasteiger partial charge >= 0.3 is 0 Å². The van der Waals surface area contributed by atoms with E-state index in [2.05, 4.69) is 36.7 Å². The molecule has 1 aromatic carbocycles. The van der Waals surface area contributed by atoms with Gasteiger partial charge in [-0.3, -0.25) is 0 Å². The van der Waals surface area contributed by atoms with Gasteiger partial charge in [0.05, 0.1) is 0 Å². The normalized spacial score (nSPS) is 13.4. The smallest absolute Gasteiger partial charge is 0.127 e. The lowest BCUT2D eigenvalue weighted by Crippen LogP contribution is -2.04. The minimum atomic E-state index is -0.115. The minimum absolute atomic E-state index is 0.115. The van der Waals surface area contributed by atoms with Crippen molar-refractivity contribution in [2.24, 2.45) is 5.92 Å². The molecule has 1 rings (SSSR count). The highest BCUT2D eigenvalue weighted by atomic mass is 79.9. The van der Waals surface area contributed by atoms with Gasteiger partial charge in [-0.1, -0.05) is 42.8 Å².